The number of thiophene rings is 1. The zero-order chi connectivity index (χ0) is 24.6. The van der Waals surface area contributed by atoms with Crippen LogP contribution in [0, 0.1) is 5.82 Å². The lowest BCUT2D eigenvalue weighted by Gasteiger charge is -2.18. The van der Waals surface area contributed by atoms with Crippen molar-refractivity contribution in [2.24, 2.45) is 0 Å². The smallest absolute Gasteiger partial charge is 0.344 e. The van der Waals surface area contributed by atoms with Gasteiger partial charge in [0.05, 0.1) is 5.69 Å². The van der Waals surface area contributed by atoms with E-state index in [2.05, 4.69) is 5.32 Å². The zero-order valence-corrected chi connectivity index (χ0v) is 19.9. The van der Waals surface area contributed by atoms with Crippen molar-refractivity contribution in [3.05, 3.63) is 77.4 Å². The van der Waals surface area contributed by atoms with Crippen molar-refractivity contribution in [3.63, 3.8) is 0 Å². The molecule has 3 aromatic rings. The highest BCUT2D eigenvalue weighted by molar-refractivity contribution is 7.94. The fourth-order valence-corrected chi connectivity index (χ4v) is 5.17. The summed E-state index contributed by atoms with van der Waals surface area (Å²) in [6.45, 7) is -0.539. The predicted molar refractivity (Wildman–Crippen MR) is 126 cm³/mol. The van der Waals surface area contributed by atoms with Gasteiger partial charge in [0.2, 0.25) is 0 Å². The summed E-state index contributed by atoms with van der Waals surface area (Å²) in [6.07, 6.45) is 0.517. The first kappa shape index (κ1) is 25.2. The Morgan fingerprint density at radius 1 is 1.03 bits per heavy atom. The van der Waals surface area contributed by atoms with E-state index in [1.54, 1.807) is 35.7 Å². The Morgan fingerprint density at radius 2 is 1.74 bits per heavy atom. The van der Waals surface area contributed by atoms with Crippen molar-refractivity contribution >= 4 is 38.9 Å². The number of hydrogen-bond acceptors (Lipinski definition) is 7. The number of hydrogen-bond donors (Lipinski definition) is 1. The van der Waals surface area contributed by atoms with Gasteiger partial charge in [-0.15, -0.1) is 11.3 Å². The molecular weight excluding hydrogens is 483 g/mol. The third-order valence-electron chi connectivity index (χ3n) is 4.68. The van der Waals surface area contributed by atoms with E-state index in [9.17, 15) is 22.4 Å². The van der Waals surface area contributed by atoms with E-state index in [1.165, 1.54) is 37.4 Å². The first-order valence-electron chi connectivity index (χ1n) is 10.2. The number of nitrogens with zero attached hydrogens (tertiary/aromatic N) is 1. The van der Waals surface area contributed by atoms with Gasteiger partial charge in [-0.1, -0.05) is 18.2 Å². The Morgan fingerprint density at radius 3 is 2.38 bits per heavy atom. The minimum atomic E-state index is -3.64. The van der Waals surface area contributed by atoms with Gasteiger partial charge in [0.25, 0.3) is 15.9 Å². The number of rotatable bonds is 11. The average Bonchev–Trinajstić information content (AvgIpc) is 3.38. The van der Waals surface area contributed by atoms with Gasteiger partial charge in [-0.05, 0) is 59.8 Å². The standard InChI is InChI=1S/C23H23FN2O6S2/c1-26(34(29,30)23-3-2-14-33-23)19-8-10-20(11-9-19)31-16-22(28)32-15-21(27)25-13-12-17-4-6-18(24)7-5-17/h2-11,14H,12-13,15-16H2,1H3,(H,25,27). The van der Waals surface area contributed by atoms with E-state index in [4.69, 9.17) is 9.47 Å². The molecule has 1 heterocycles. The second-order valence-corrected chi connectivity index (χ2v) is 10.2. The van der Waals surface area contributed by atoms with Crippen molar-refractivity contribution in [1.29, 1.82) is 0 Å². The van der Waals surface area contributed by atoms with Crippen LogP contribution in [0.4, 0.5) is 10.1 Å². The summed E-state index contributed by atoms with van der Waals surface area (Å²) in [5.41, 5.74) is 1.30. The molecule has 0 saturated carbocycles. The van der Waals surface area contributed by atoms with Gasteiger partial charge in [0, 0.05) is 13.6 Å². The van der Waals surface area contributed by atoms with Crippen molar-refractivity contribution in [1.82, 2.24) is 5.32 Å². The second-order valence-electron chi connectivity index (χ2n) is 7.07. The molecule has 11 heteroatoms. The van der Waals surface area contributed by atoms with Crippen LogP contribution in [-0.4, -0.2) is 47.1 Å². The number of carbonyl (C=O) groups is 2. The largest absolute Gasteiger partial charge is 0.482 e. The molecule has 0 bridgehead atoms. The Hall–Kier alpha value is -3.44. The summed E-state index contributed by atoms with van der Waals surface area (Å²) in [5.74, 6) is -1.18. The van der Waals surface area contributed by atoms with Crippen LogP contribution in [-0.2, 0) is 30.8 Å². The molecule has 0 fully saturated rings. The molecule has 0 radical (unpaired) electrons. The van der Waals surface area contributed by atoms with Crippen molar-refractivity contribution in [3.8, 4) is 5.75 Å². The van der Waals surface area contributed by atoms with Gasteiger partial charge in [0.15, 0.2) is 13.2 Å². The zero-order valence-electron chi connectivity index (χ0n) is 18.3. The first-order valence-corrected chi connectivity index (χ1v) is 12.5. The minimum Gasteiger partial charge on any atom is -0.482 e. The molecule has 2 aromatic carbocycles. The third kappa shape index (κ3) is 7.03. The average molecular weight is 507 g/mol. The number of sulfonamides is 1. The minimum absolute atomic E-state index is 0.234. The highest BCUT2D eigenvalue weighted by Gasteiger charge is 2.22. The number of carbonyl (C=O) groups excluding carboxylic acids is 2. The second kappa shape index (κ2) is 11.6. The Balaban J connectivity index is 1.38. The van der Waals surface area contributed by atoms with E-state index in [0.29, 0.717) is 24.4 Å². The van der Waals surface area contributed by atoms with E-state index < -0.39 is 35.1 Å². The first-order chi connectivity index (χ1) is 16.3. The van der Waals surface area contributed by atoms with Gasteiger partial charge in [-0.3, -0.25) is 9.10 Å². The van der Waals surface area contributed by atoms with Crippen LogP contribution >= 0.6 is 11.3 Å². The summed E-state index contributed by atoms with van der Waals surface area (Å²) in [5, 5.41) is 4.30. The molecule has 0 atom stereocenters. The SMILES string of the molecule is CN(c1ccc(OCC(=O)OCC(=O)NCCc2ccc(F)cc2)cc1)S(=O)(=O)c1cccs1. The molecular formula is C23H23FN2O6S2. The Kier molecular flexibility index (Phi) is 8.61. The topological polar surface area (TPSA) is 102 Å². The summed E-state index contributed by atoms with van der Waals surface area (Å²) in [6, 6.07) is 15.3. The quantitative estimate of drug-likeness (QED) is 0.401. The van der Waals surface area contributed by atoms with Crippen LogP contribution in [0.25, 0.3) is 0 Å². The van der Waals surface area contributed by atoms with Crippen LogP contribution < -0.4 is 14.4 Å². The van der Waals surface area contributed by atoms with Crippen molar-refractivity contribution in [2.75, 3.05) is 31.1 Å². The van der Waals surface area contributed by atoms with Gasteiger partial charge in [-0.25, -0.2) is 17.6 Å². The fourth-order valence-electron chi connectivity index (χ4n) is 2.81. The summed E-state index contributed by atoms with van der Waals surface area (Å²) >= 11 is 1.13. The van der Waals surface area contributed by atoms with Crippen molar-refractivity contribution < 1.29 is 31.9 Å². The lowest BCUT2D eigenvalue weighted by atomic mass is 10.1. The molecule has 1 aromatic heterocycles. The van der Waals surface area contributed by atoms with Crippen LogP contribution in [0.15, 0.2) is 70.3 Å². The summed E-state index contributed by atoms with van der Waals surface area (Å²) in [4.78, 5) is 23.6. The molecule has 8 nitrogen and oxygen atoms in total. The fraction of sp³-hybridized carbons (Fsp3) is 0.217. The molecule has 0 aliphatic carbocycles. The number of amides is 1. The normalized spacial score (nSPS) is 11.0. The number of benzene rings is 2. The number of nitrogens with one attached hydrogen (secondary N) is 1. The molecule has 0 saturated heterocycles. The van der Waals surface area contributed by atoms with E-state index in [0.717, 1.165) is 21.2 Å². The summed E-state index contributed by atoms with van der Waals surface area (Å²) < 4.78 is 49.6. The molecule has 1 amide bonds. The van der Waals surface area contributed by atoms with Gasteiger partial charge in [-0.2, -0.15) is 0 Å². The van der Waals surface area contributed by atoms with E-state index in [1.807, 2.05) is 0 Å². The predicted octanol–water partition coefficient (Wildman–Crippen LogP) is 2.99. The third-order valence-corrected chi connectivity index (χ3v) is 7.84. The van der Waals surface area contributed by atoms with Gasteiger partial charge in [0.1, 0.15) is 15.8 Å². The molecule has 34 heavy (non-hydrogen) atoms. The lowest BCUT2D eigenvalue weighted by Crippen LogP contribution is -2.31. The van der Waals surface area contributed by atoms with E-state index >= 15 is 0 Å². The Labute approximate surface area is 201 Å². The Bertz CT molecular complexity index is 1200. The van der Waals surface area contributed by atoms with Gasteiger partial charge >= 0.3 is 5.97 Å². The van der Waals surface area contributed by atoms with Crippen LogP contribution in [0.3, 0.4) is 0 Å². The molecule has 0 aliphatic heterocycles. The maximum absolute atomic E-state index is 12.9. The molecule has 1 N–H and O–H groups in total. The molecule has 3 rings (SSSR count). The van der Waals surface area contributed by atoms with Crippen LogP contribution in [0.1, 0.15) is 5.56 Å². The molecule has 180 valence electrons. The molecule has 0 aliphatic rings. The van der Waals surface area contributed by atoms with Crippen molar-refractivity contribution in [2.45, 2.75) is 10.6 Å². The maximum atomic E-state index is 12.9. The number of anilines is 1. The molecule has 0 spiro atoms. The monoisotopic (exact) mass is 506 g/mol. The van der Waals surface area contributed by atoms with Gasteiger partial charge < -0.3 is 14.8 Å². The maximum Gasteiger partial charge on any atom is 0.344 e. The van der Waals surface area contributed by atoms with Crippen LogP contribution in [0.2, 0.25) is 0 Å². The highest BCUT2D eigenvalue weighted by atomic mass is 32.2. The van der Waals surface area contributed by atoms with E-state index in [-0.39, 0.29) is 10.0 Å². The number of esters is 1. The molecule has 0 unspecified atom stereocenters. The van der Waals surface area contributed by atoms with Crippen LogP contribution in [0.5, 0.6) is 5.75 Å². The number of halogens is 1. The number of ether oxygens (including phenoxy) is 2. The summed E-state index contributed by atoms with van der Waals surface area (Å²) in [7, 11) is -2.19. The highest BCUT2D eigenvalue weighted by Crippen LogP contribution is 2.26. The lowest BCUT2D eigenvalue weighted by molar-refractivity contribution is -0.150.